The van der Waals surface area contributed by atoms with E-state index in [1.807, 2.05) is 58.1 Å². The van der Waals surface area contributed by atoms with Crippen molar-refractivity contribution in [2.24, 2.45) is 35.5 Å². The number of methoxy groups -OCH3 is 3. The van der Waals surface area contributed by atoms with Crippen LogP contribution < -0.4 is 0 Å². The van der Waals surface area contributed by atoms with Gasteiger partial charge >= 0.3 is 14.2 Å². The van der Waals surface area contributed by atoms with Gasteiger partial charge in [0.1, 0.15) is 30.1 Å². The predicted molar refractivity (Wildman–Crippen MR) is 272 cm³/mol. The quantitative estimate of drug-likeness (QED) is 0.0793. The molecule has 1 amide bonds. The molecule has 0 aromatic heterocycles. The molecule has 2 saturated heterocycles. The Labute approximate surface area is 444 Å². The monoisotopic (exact) mass is 1210 g/mol. The van der Waals surface area contributed by atoms with Gasteiger partial charge in [0.2, 0.25) is 5.79 Å². The van der Waals surface area contributed by atoms with Gasteiger partial charge in [-0.3, -0.25) is 23.7 Å². The van der Waals surface area contributed by atoms with Crippen molar-refractivity contribution in [3.63, 3.8) is 0 Å². The number of fused-ring (bicyclic) bond motifs is 3. The number of nitrogens with zero attached hydrogens (tertiary/aromatic N) is 1. The SMILES string of the molecule is C.C.CO[C@H]1C[C@@H]2CC[C@@H](C)[C@@](O)(O2)C(=O)C(=O)N2CCCCC2C(=O)O[C@H]([C@H](C)C[C@@H]2CC[C@@H](O)[C@H](OC)C2)CC(=O)[C@H](C)/C=C(\C)[C@@H](O)[C@@H](OC)C(=O)[C@H](C)C[C@H](C)/C=C/C=CC=C1C.O=[PH](O)O.[W]. The Morgan fingerprint density at radius 1 is 0.847 bits per heavy atom. The first-order valence-electron chi connectivity index (χ1n) is 24.6. The Morgan fingerprint density at radius 2 is 1.50 bits per heavy atom. The van der Waals surface area contributed by atoms with Crippen molar-refractivity contribution in [1.29, 1.82) is 0 Å². The number of ketones is 3. The molecule has 15 atom stereocenters. The Kier molecular flexibility index (Phi) is 32.3. The summed E-state index contributed by atoms with van der Waals surface area (Å²) >= 11 is 0. The maximum atomic E-state index is 14.4. The van der Waals surface area contributed by atoms with E-state index in [-0.39, 0.29) is 90.7 Å². The van der Waals surface area contributed by atoms with Gasteiger partial charge in [0.25, 0.3) is 11.7 Å². The fraction of sp³-hybridized carbons (Fsp3) is 0.755. The largest absolute Gasteiger partial charge is 0.460 e. The number of allylic oxidation sites excluding steroid dienone is 6. The van der Waals surface area contributed by atoms with Crippen LogP contribution in [0.2, 0.25) is 0 Å². The van der Waals surface area contributed by atoms with E-state index in [0.29, 0.717) is 63.4 Å². The molecule has 4 rings (SSSR count). The molecule has 0 aromatic rings. The molecule has 19 heteroatoms. The molecule has 3 aliphatic heterocycles. The van der Waals surface area contributed by atoms with Crippen molar-refractivity contribution in [1.82, 2.24) is 4.90 Å². The maximum Gasteiger partial charge on any atom is 0.329 e. The van der Waals surface area contributed by atoms with Crippen LogP contribution in [0.15, 0.2) is 47.6 Å². The zero-order chi connectivity index (χ0) is 51.7. The first kappa shape index (κ1) is 69.5. The summed E-state index contributed by atoms with van der Waals surface area (Å²) in [7, 11) is 1.39. The zero-order valence-electron chi connectivity index (χ0n) is 42.8. The molecular weight excluding hydrogens is 1120 g/mol. The van der Waals surface area contributed by atoms with E-state index in [1.165, 1.54) is 12.0 Å². The van der Waals surface area contributed by atoms with Gasteiger partial charge in [0.05, 0.1) is 24.4 Å². The molecule has 1 aliphatic carbocycles. The summed E-state index contributed by atoms with van der Waals surface area (Å²) in [6, 6.07) is -1.14. The maximum absolute atomic E-state index is 14.4. The van der Waals surface area contributed by atoms with Gasteiger partial charge in [-0.05, 0) is 107 Å². The normalized spacial score (nSPS) is 35.8. The number of piperidine rings is 1. The fourth-order valence-corrected chi connectivity index (χ4v) is 10.1. The van der Waals surface area contributed by atoms with Crippen LogP contribution in [0.25, 0.3) is 0 Å². The van der Waals surface area contributed by atoms with Crippen LogP contribution in [-0.4, -0.2) is 142 Å². The number of hydrogen-bond donors (Lipinski definition) is 5. The molecule has 5 N–H and O–H groups in total. The van der Waals surface area contributed by atoms with Crippen LogP contribution in [0, 0.1) is 35.5 Å². The summed E-state index contributed by atoms with van der Waals surface area (Å²) < 4.78 is 38.1. The molecule has 72 heavy (non-hydrogen) atoms. The minimum atomic E-state index is -3.13. The third kappa shape index (κ3) is 20.2. The van der Waals surface area contributed by atoms with Crippen molar-refractivity contribution in [3.05, 3.63) is 47.6 Å². The number of rotatable bonds is 6. The standard InChI is InChI=1S/C51H79NO13.2CH4.H3O3P.W/c1-30-16-12-11-13-17-31(2)42(61-8)28-38-21-19-36(7)51(60,65-38)48(57)49(58)52-23-15-14-18-39(52)50(59)64-43(33(4)26-37-20-22-40(53)44(27-37)62-9)29-41(54)32(3)25-35(6)46(56)47(63-10)45(55)34(5)24-30;;;1-4(2)3;/h11-13,16-17,25,30,32-34,36-40,42-44,46-47,53,56,60H,14-15,18-24,26-29H2,1-10H3;2*1H4;4H,(H2,1,2,3);/b13-11?,16-12+,31-17?,35-25+;;;;/t30-,32-,33-,34-,36-,37+,38+,39?,40-,42+,43+,44-,46-,47+,51-;;;;/m1..../s1. The Bertz CT molecular complexity index is 1870. The number of aliphatic hydroxyl groups excluding tert-OH is 2. The number of esters is 1. The van der Waals surface area contributed by atoms with Crippen molar-refractivity contribution in [2.45, 2.75) is 195 Å². The summed E-state index contributed by atoms with van der Waals surface area (Å²) in [4.78, 5) is 86.1. The van der Waals surface area contributed by atoms with Gasteiger partial charge in [0.15, 0.2) is 5.78 Å². The second-order valence-corrected chi connectivity index (χ2v) is 20.4. The van der Waals surface area contributed by atoms with E-state index in [9.17, 15) is 39.3 Å². The van der Waals surface area contributed by atoms with Crippen LogP contribution in [-0.2, 0) is 73.3 Å². The number of Topliss-reactive ketones (excluding diaryl/α,β-unsaturated/α-hetero) is 3. The number of carbonyl (C=O) groups is 5. The molecule has 1 unspecified atom stereocenters. The van der Waals surface area contributed by atoms with Gasteiger partial charge in [0, 0.05) is 79.5 Å². The number of cyclic esters (lactones) is 1. The molecule has 3 heterocycles. The third-order valence-corrected chi connectivity index (χ3v) is 14.5. The second kappa shape index (κ2) is 33.5. The van der Waals surface area contributed by atoms with Gasteiger partial charge in [-0.25, -0.2) is 4.79 Å². The summed E-state index contributed by atoms with van der Waals surface area (Å²) in [5, 5.41) is 33.8. The molecule has 0 radical (unpaired) electrons. The number of aliphatic hydroxyl groups is 3. The predicted octanol–water partition coefficient (Wildman–Crippen LogP) is 6.81. The summed E-state index contributed by atoms with van der Waals surface area (Å²) in [6.45, 7) is 12.7. The minimum absolute atomic E-state index is 0. The smallest absolute Gasteiger partial charge is 0.329 e. The number of carbonyl (C=O) groups excluding carboxylic acids is 5. The second-order valence-electron chi connectivity index (χ2n) is 19.9. The molecule has 414 valence electrons. The van der Waals surface area contributed by atoms with E-state index in [1.54, 1.807) is 41.1 Å². The van der Waals surface area contributed by atoms with Crippen LogP contribution in [0.4, 0.5) is 0 Å². The summed E-state index contributed by atoms with van der Waals surface area (Å²) in [5.74, 6) is -7.96. The Morgan fingerprint density at radius 3 is 2.11 bits per heavy atom. The zero-order valence-corrected chi connectivity index (χ0v) is 46.8. The topological polar surface area (TPSA) is 253 Å². The summed E-state index contributed by atoms with van der Waals surface area (Å²) in [6.07, 6.45) is 11.2. The van der Waals surface area contributed by atoms with Gasteiger partial charge in [-0.2, -0.15) is 0 Å². The number of amides is 1. The van der Waals surface area contributed by atoms with Crippen LogP contribution in [0.5, 0.6) is 0 Å². The van der Waals surface area contributed by atoms with Gasteiger partial charge in [-0.15, -0.1) is 0 Å². The first-order valence-corrected chi connectivity index (χ1v) is 25.9. The first-order chi connectivity index (χ1) is 32.5. The molecule has 3 fully saturated rings. The van der Waals surface area contributed by atoms with Crippen molar-refractivity contribution in [2.75, 3.05) is 27.9 Å². The van der Waals surface area contributed by atoms with Crippen LogP contribution in [0.1, 0.15) is 140 Å². The van der Waals surface area contributed by atoms with Gasteiger partial charge < -0.3 is 53.7 Å². The van der Waals surface area contributed by atoms with Gasteiger partial charge in [-0.1, -0.05) is 85.9 Å². The van der Waals surface area contributed by atoms with Crippen molar-refractivity contribution < 1.29 is 98.4 Å². The van der Waals surface area contributed by atoms with Crippen molar-refractivity contribution >= 4 is 37.5 Å². The third-order valence-electron chi connectivity index (χ3n) is 14.5. The molecule has 4 aliphatic rings. The van der Waals surface area contributed by atoms with E-state index >= 15 is 0 Å². The van der Waals surface area contributed by atoms with Crippen molar-refractivity contribution in [3.8, 4) is 0 Å². The molecule has 0 aromatic carbocycles. The van der Waals surface area contributed by atoms with E-state index in [4.69, 9.17) is 38.0 Å². The van der Waals surface area contributed by atoms with Crippen LogP contribution in [0.3, 0.4) is 0 Å². The molecular formula is C53H90NO16PW. The number of hydrogen-bond acceptors (Lipinski definition) is 14. The molecule has 1 saturated carbocycles. The molecule has 0 spiro atoms. The summed E-state index contributed by atoms with van der Waals surface area (Å²) in [5.41, 5.74) is 1.27. The minimum Gasteiger partial charge on any atom is -0.460 e. The Hall–Kier alpha value is -2.53. The van der Waals surface area contributed by atoms with E-state index < -0.39 is 92.1 Å². The molecule has 17 nitrogen and oxygen atoms in total. The average Bonchev–Trinajstić information content (AvgIpc) is 3.30. The fourth-order valence-electron chi connectivity index (χ4n) is 10.1. The molecule has 2 bridgehead atoms. The average molecular weight is 1210 g/mol. The number of ether oxygens (including phenoxy) is 5. The van der Waals surface area contributed by atoms with E-state index in [0.717, 1.165) is 12.0 Å². The van der Waals surface area contributed by atoms with Crippen LogP contribution >= 0.6 is 8.25 Å². The Balaban J connectivity index is 0.00000693. The van der Waals surface area contributed by atoms with E-state index in [2.05, 4.69) is 0 Å².